The Labute approximate surface area is 245 Å². The minimum atomic E-state index is -1.80. The molecule has 1 aromatic carbocycles. The number of hydrogen-bond acceptors (Lipinski definition) is 7. The average molecular weight is 587 g/mol. The highest BCUT2D eigenvalue weighted by atomic mass is 28.4. The zero-order valence-corrected chi connectivity index (χ0v) is 26.4. The molecule has 2 saturated heterocycles. The number of aromatic nitrogens is 2. The first kappa shape index (κ1) is 31.4. The van der Waals surface area contributed by atoms with Crippen LogP contribution in [-0.2, 0) is 22.2 Å². The van der Waals surface area contributed by atoms with Crippen molar-refractivity contribution in [1.82, 2.24) is 14.9 Å². The number of ether oxygens (including phenoxy) is 1. The number of amides is 1. The number of aliphatic hydroxyl groups is 1. The minimum absolute atomic E-state index is 0.0315. The Kier molecular flexibility index (Phi) is 10.4. The summed E-state index contributed by atoms with van der Waals surface area (Å²) < 4.78 is 26.7. The molecule has 2 aliphatic heterocycles. The summed E-state index contributed by atoms with van der Waals surface area (Å²) in [5.74, 6) is 1.54. The third-order valence-corrected chi connectivity index (χ3v) is 13.4. The van der Waals surface area contributed by atoms with Gasteiger partial charge >= 0.3 is 0 Å². The predicted octanol–water partition coefficient (Wildman–Crippen LogP) is 5.21. The first-order valence-electron chi connectivity index (χ1n) is 14.9. The summed E-state index contributed by atoms with van der Waals surface area (Å²) >= 11 is 0. The Balaban J connectivity index is 1.12. The van der Waals surface area contributed by atoms with Crippen molar-refractivity contribution in [2.75, 3.05) is 44.3 Å². The van der Waals surface area contributed by atoms with Gasteiger partial charge in [0.1, 0.15) is 11.6 Å². The van der Waals surface area contributed by atoms with Gasteiger partial charge in [0.15, 0.2) is 8.32 Å². The Hall–Kier alpha value is -2.56. The summed E-state index contributed by atoms with van der Waals surface area (Å²) in [4.78, 5) is 25.4. The van der Waals surface area contributed by atoms with Crippen LogP contribution in [0.2, 0.25) is 18.1 Å². The smallest absolute Gasteiger partial charge is 0.227 e. The van der Waals surface area contributed by atoms with Gasteiger partial charge in [0.25, 0.3) is 0 Å². The standard InChI is InChI=1S/C31H47FN4O4Si/c1-31(2,3)41(4,5)40-22-24-17-33-30(34-18-24)35-12-10-23(11-13-35)7-6-14-39-27-9-8-26(28(32)16-27)15-29(38)36-19-25(20-36)21-37/h8-9,16-18,23,25,37H,6-7,10-15,19-22H2,1-5H3. The molecule has 0 saturated carbocycles. The van der Waals surface area contributed by atoms with Crippen LogP contribution in [0.25, 0.3) is 0 Å². The van der Waals surface area contributed by atoms with Gasteiger partial charge in [-0.3, -0.25) is 4.79 Å². The van der Waals surface area contributed by atoms with E-state index in [2.05, 4.69) is 48.7 Å². The normalized spacial score (nSPS) is 17.0. The quantitative estimate of drug-likeness (QED) is 0.270. The van der Waals surface area contributed by atoms with E-state index in [1.807, 2.05) is 12.4 Å². The lowest BCUT2D eigenvalue weighted by atomic mass is 9.92. The van der Waals surface area contributed by atoms with Crippen molar-refractivity contribution in [3.05, 3.63) is 47.5 Å². The molecule has 1 amide bonds. The molecule has 226 valence electrons. The molecule has 10 heteroatoms. The number of rotatable bonds is 12. The van der Waals surface area contributed by atoms with E-state index in [1.165, 1.54) is 6.07 Å². The van der Waals surface area contributed by atoms with Gasteiger partial charge in [-0.1, -0.05) is 26.8 Å². The highest BCUT2D eigenvalue weighted by Crippen LogP contribution is 2.37. The number of carbonyl (C=O) groups excluding carboxylic acids is 1. The van der Waals surface area contributed by atoms with E-state index in [-0.39, 0.29) is 29.9 Å². The maximum atomic E-state index is 14.6. The monoisotopic (exact) mass is 586 g/mol. The van der Waals surface area contributed by atoms with Gasteiger partial charge < -0.3 is 24.1 Å². The summed E-state index contributed by atoms with van der Waals surface area (Å²) in [5.41, 5.74) is 1.39. The molecule has 0 spiro atoms. The van der Waals surface area contributed by atoms with Gasteiger partial charge in [-0.2, -0.15) is 0 Å². The fourth-order valence-electron chi connectivity index (χ4n) is 4.97. The molecule has 1 N–H and O–H groups in total. The first-order chi connectivity index (χ1) is 19.4. The van der Waals surface area contributed by atoms with Crippen LogP contribution in [-0.4, -0.2) is 73.6 Å². The third-order valence-electron chi connectivity index (χ3n) is 8.95. The van der Waals surface area contributed by atoms with Crippen molar-refractivity contribution in [3.63, 3.8) is 0 Å². The average Bonchev–Trinajstić information content (AvgIpc) is 2.91. The van der Waals surface area contributed by atoms with E-state index in [1.54, 1.807) is 17.0 Å². The number of halogens is 1. The number of carbonyl (C=O) groups is 1. The number of hydrogen-bond donors (Lipinski definition) is 1. The maximum absolute atomic E-state index is 14.6. The van der Waals surface area contributed by atoms with E-state index in [4.69, 9.17) is 14.3 Å². The Bertz CT molecular complexity index is 1140. The van der Waals surface area contributed by atoms with Crippen molar-refractivity contribution in [1.29, 1.82) is 0 Å². The summed E-state index contributed by atoms with van der Waals surface area (Å²) in [6.45, 7) is 15.4. The SMILES string of the molecule is CC(C)(C)[Si](C)(C)OCc1cnc(N2CCC(CCCOc3ccc(CC(=O)N4CC(CO)C4)c(F)c3)CC2)nc1. The molecule has 0 radical (unpaired) electrons. The highest BCUT2D eigenvalue weighted by molar-refractivity contribution is 6.74. The number of benzene rings is 1. The van der Waals surface area contributed by atoms with Crippen molar-refractivity contribution < 1.29 is 23.5 Å². The molecule has 8 nitrogen and oxygen atoms in total. The Morgan fingerprint density at radius 2 is 1.80 bits per heavy atom. The summed E-state index contributed by atoms with van der Waals surface area (Å²) in [5, 5.41) is 9.28. The molecule has 0 atom stereocenters. The molecule has 0 bridgehead atoms. The van der Waals surface area contributed by atoms with Crippen LogP contribution in [0.15, 0.2) is 30.6 Å². The number of nitrogens with zero attached hydrogens (tertiary/aromatic N) is 4. The summed E-state index contributed by atoms with van der Waals surface area (Å²) in [6.07, 6.45) is 7.98. The molecule has 0 unspecified atom stereocenters. The highest BCUT2D eigenvalue weighted by Gasteiger charge is 2.37. The Morgan fingerprint density at radius 3 is 2.41 bits per heavy atom. The van der Waals surface area contributed by atoms with Crippen LogP contribution in [0.5, 0.6) is 5.75 Å². The molecule has 2 aromatic rings. The molecular formula is C31H47FN4O4Si. The fourth-order valence-corrected chi connectivity index (χ4v) is 5.94. The van der Waals surface area contributed by atoms with Gasteiger partial charge in [-0.25, -0.2) is 14.4 Å². The predicted molar refractivity (Wildman–Crippen MR) is 161 cm³/mol. The molecule has 3 heterocycles. The molecule has 1 aromatic heterocycles. The van der Waals surface area contributed by atoms with Crippen LogP contribution in [0.3, 0.4) is 0 Å². The fraction of sp³-hybridized carbons (Fsp3) is 0.645. The lowest BCUT2D eigenvalue weighted by molar-refractivity contribution is -0.137. The third kappa shape index (κ3) is 8.48. The van der Waals surface area contributed by atoms with Gasteiger partial charge in [-0.15, -0.1) is 0 Å². The second kappa shape index (κ2) is 13.6. The molecular weight excluding hydrogens is 539 g/mol. The van der Waals surface area contributed by atoms with Crippen LogP contribution in [0.1, 0.15) is 57.6 Å². The first-order valence-corrected chi connectivity index (χ1v) is 17.9. The van der Waals surface area contributed by atoms with Gasteiger partial charge in [-0.05, 0) is 61.4 Å². The van der Waals surface area contributed by atoms with Gasteiger partial charge in [0.05, 0.1) is 19.6 Å². The van der Waals surface area contributed by atoms with Gasteiger partial charge in [0.2, 0.25) is 11.9 Å². The second-order valence-corrected chi connectivity index (χ2v) is 17.9. The number of aliphatic hydroxyl groups excluding tert-OH is 1. The number of anilines is 1. The lowest BCUT2D eigenvalue weighted by Crippen LogP contribution is -2.51. The van der Waals surface area contributed by atoms with Crippen LogP contribution < -0.4 is 9.64 Å². The molecule has 41 heavy (non-hydrogen) atoms. The topological polar surface area (TPSA) is 88.0 Å². The molecule has 2 fully saturated rings. The van der Waals surface area contributed by atoms with Crippen LogP contribution >= 0.6 is 0 Å². The van der Waals surface area contributed by atoms with E-state index < -0.39 is 14.1 Å². The van der Waals surface area contributed by atoms with Crippen molar-refractivity contribution in [2.45, 2.75) is 77.6 Å². The number of likely N-dealkylation sites (tertiary alicyclic amines) is 1. The Morgan fingerprint density at radius 1 is 1.12 bits per heavy atom. The molecule has 0 aliphatic carbocycles. The van der Waals surface area contributed by atoms with E-state index >= 15 is 0 Å². The lowest BCUT2D eigenvalue weighted by Gasteiger charge is -2.38. The van der Waals surface area contributed by atoms with Crippen molar-refractivity contribution >= 4 is 20.2 Å². The van der Waals surface area contributed by atoms with E-state index in [9.17, 15) is 9.18 Å². The molecule has 4 rings (SSSR count). The zero-order chi connectivity index (χ0) is 29.6. The van der Waals surface area contributed by atoms with Gasteiger partial charge in [0, 0.05) is 62.7 Å². The minimum Gasteiger partial charge on any atom is -0.493 e. The maximum Gasteiger partial charge on any atom is 0.227 e. The largest absolute Gasteiger partial charge is 0.493 e. The van der Waals surface area contributed by atoms with Crippen LogP contribution in [0, 0.1) is 17.7 Å². The van der Waals surface area contributed by atoms with E-state index in [0.717, 1.165) is 50.3 Å². The summed E-state index contributed by atoms with van der Waals surface area (Å²) in [7, 11) is -1.80. The zero-order valence-electron chi connectivity index (χ0n) is 25.4. The van der Waals surface area contributed by atoms with Crippen molar-refractivity contribution in [3.8, 4) is 5.75 Å². The number of piperidine rings is 1. The summed E-state index contributed by atoms with van der Waals surface area (Å²) in [6, 6.07) is 4.75. The van der Waals surface area contributed by atoms with Crippen LogP contribution in [0.4, 0.5) is 10.3 Å². The van der Waals surface area contributed by atoms with Crippen molar-refractivity contribution in [2.24, 2.45) is 11.8 Å². The second-order valence-electron chi connectivity index (χ2n) is 13.1. The van der Waals surface area contributed by atoms with E-state index in [0.29, 0.717) is 43.5 Å². The molecule has 2 aliphatic rings.